The molecule has 2 fully saturated rings. The summed E-state index contributed by atoms with van der Waals surface area (Å²) in [5.74, 6) is 0.0383. The molecule has 0 radical (unpaired) electrons. The van der Waals surface area contributed by atoms with Gasteiger partial charge in [0, 0.05) is 45.1 Å². The number of sulfonamides is 1. The summed E-state index contributed by atoms with van der Waals surface area (Å²) >= 11 is 0. The minimum atomic E-state index is -3.73. The fourth-order valence-corrected chi connectivity index (χ4v) is 4.72. The van der Waals surface area contributed by atoms with Gasteiger partial charge in [0.25, 0.3) is 0 Å². The molecule has 0 saturated carbocycles. The molecular formula is C20H24N6O4S. The number of imide groups is 1. The maximum absolute atomic E-state index is 12.5. The van der Waals surface area contributed by atoms with Crippen molar-refractivity contribution in [3.63, 3.8) is 0 Å². The summed E-state index contributed by atoms with van der Waals surface area (Å²) in [4.78, 5) is 27.0. The maximum Gasteiger partial charge on any atom is 0.240 e. The maximum atomic E-state index is 12.5. The summed E-state index contributed by atoms with van der Waals surface area (Å²) in [6, 6.07) is 7.61. The molecule has 3 heterocycles. The summed E-state index contributed by atoms with van der Waals surface area (Å²) in [7, 11) is -3.73. The number of anilines is 3. The van der Waals surface area contributed by atoms with Gasteiger partial charge in [0.2, 0.25) is 21.8 Å². The lowest BCUT2D eigenvalue weighted by molar-refractivity contribution is -0.121. The number of hydrogen-bond acceptors (Lipinski definition) is 8. The van der Waals surface area contributed by atoms with Crippen molar-refractivity contribution in [2.75, 3.05) is 41.3 Å². The Morgan fingerprint density at radius 3 is 2.29 bits per heavy atom. The molecule has 164 valence electrons. The number of carbonyl (C=O) groups excluding carboxylic acids is 2. The Kier molecular flexibility index (Phi) is 6.14. The fourth-order valence-electron chi connectivity index (χ4n) is 3.69. The molecule has 0 bridgehead atoms. The van der Waals surface area contributed by atoms with E-state index in [0.29, 0.717) is 18.1 Å². The minimum absolute atomic E-state index is 0.0613. The first-order valence-electron chi connectivity index (χ1n) is 10.2. The van der Waals surface area contributed by atoms with Gasteiger partial charge in [-0.05, 0) is 37.1 Å². The minimum Gasteiger partial charge on any atom is -0.370 e. The van der Waals surface area contributed by atoms with E-state index in [4.69, 9.17) is 0 Å². The van der Waals surface area contributed by atoms with Crippen molar-refractivity contribution >= 4 is 39.0 Å². The molecule has 11 heteroatoms. The third-order valence-corrected chi connectivity index (χ3v) is 6.77. The standard InChI is InChI=1S/C20H24N6O4S/c27-19-7-8-20(28)26(19)15-3-5-17(6-4-15)31(29,30)23-10-9-21-18-13-16(14-22-24-18)25-11-1-2-12-25/h3-6,13-14,23H,1-2,7-12H2,(H,21,24). The molecule has 1 aromatic carbocycles. The van der Waals surface area contributed by atoms with Crippen LogP contribution in [0.1, 0.15) is 25.7 Å². The summed E-state index contributed by atoms with van der Waals surface area (Å²) < 4.78 is 27.5. The third-order valence-electron chi connectivity index (χ3n) is 5.29. The van der Waals surface area contributed by atoms with E-state index in [1.165, 1.54) is 37.1 Å². The highest BCUT2D eigenvalue weighted by atomic mass is 32.2. The van der Waals surface area contributed by atoms with Crippen LogP contribution in [0.15, 0.2) is 41.4 Å². The zero-order valence-electron chi connectivity index (χ0n) is 17.0. The Labute approximate surface area is 180 Å². The van der Waals surface area contributed by atoms with Crippen LogP contribution in [0.2, 0.25) is 0 Å². The van der Waals surface area contributed by atoms with Gasteiger partial charge in [-0.3, -0.25) is 14.5 Å². The Morgan fingerprint density at radius 2 is 1.61 bits per heavy atom. The molecule has 0 unspecified atom stereocenters. The van der Waals surface area contributed by atoms with E-state index in [0.717, 1.165) is 23.7 Å². The molecular weight excluding hydrogens is 420 g/mol. The van der Waals surface area contributed by atoms with Gasteiger partial charge < -0.3 is 10.2 Å². The van der Waals surface area contributed by atoms with Crippen molar-refractivity contribution in [2.24, 2.45) is 0 Å². The van der Waals surface area contributed by atoms with Crippen molar-refractivity contribution in [3.8, 4) is 0 Å². The first-order valence-corrected chi connectivity index (χ1v) is 11.7. The highest BCUT2D eigenvalue weighted by Crippen LogP contribution is 2.24. The number of rotatable bonds is 8. The molecule has 2 N–H and O–H groups in total. The van der Waals surface area contributed by atoms with E-state index in [1.807, 2.05) is 6.07 Å². The Morgan fingerprint density at radius 1 is 0.935 bits per heavy atom. The molecule has 2 amide bonds. The van der Waals surface area contributed by atoms with Gasteiger partial charge in [0.1, 0.15) is 0 Å². The Balaban J connectivity index is 1.31. The van der Waals surface area contributed by atoms with Gasteiger partial charge in [-0.25, -0.2) is 13.1 Å². The van der Waals surface area contributed by atoms with E-state index in [2.05, 4.69) is 25.1 Å². The highest BCUT2D eigenvalue weighted by molar-refractivity contribution is 7.89. The van der Waals surface area contributed by atoms with Crippen LogP contribution < -0.4 is 19.8 Å². The number of benzene rings is 1. The van der Waals surface area contributed by atoms with Crippen LogP contribution in [-0.4, -0.2) is 56.6 Å². The van der Waals surface area contributed by atoms with Crippen LogP contribution in [0.3, 0.4) is 0 Å². The number of aromatic nitrogens is 2. The van der Waals surface area contributed by atoms with Gasteiger partial charge in [0.15, 0.2) is 5.82 Å². The van der Waals surface area contributed by atoms with Crippen LogP contribution in [-0.2, 0) is 19.6 Å². The first-order chi connectivity index (χ1) is 14.9. The van der Waals surface area contributed by atoms with Gasteiger partial charge in [-0.2, -0.15) is 5.10 Å². The quantitative estimate of drug-likeness (QED) is 0.458. The number of nitrogens with one attached hydrogen (secondary N) is 2. The van der Waals surface area contributed by atoms with Crippen molar-refractivity contribution in [1.29, 1.82) is 0 Å². The van der Waals surface area contributed by atoms with E-state index >= 15 is 0 Å². The summed E-state index contributed by atoms with van der Waals surface area (Å²) in [6.07, 6.45) is 4.42. The van der Waals surface area contributed by atoms with E-state index < -0.39 is 10.0 Å². The molecule has 2 aromatic rings. The number of hydrogen-bond donors (Lipinski definition) is 2. The second-order valence-electron chi connectivity index (χ2n) is 7.43. The van der Waals surface area contributed by atoms with Gasteiger partial charge >= 0.3 is 0 Å². The van der Waals surface area contributed by atoms with Gasteiger partial charge in [-0.1, -0.05) is 0 Å². The summed E-state index contributed by atoms with van der Waals surface area (Å²) in [5.41, 5.74) is 1.38. The predicted octanol–water partition coefficient (Wildman–Crippen LogP) is 1.12. The Hall–Kier alpha value is -3.05. The van der Waals surface area contributed by atoms with E-state index in [1.54, 1.807) is 6.20 Å². The lowest BCUT2D eigenvalue weighted by Crippen LogP contribution is -2.30. The molecule has 1 aromatic heterocycles. The smallest absolute Gasteiger partial charge is 0.240 e. The predicted molar refractivity (Wildman–Crippen MR) is 115 cm³/mol. The van der Waals surface area contributed by atoms with Crippen LogP contribution in [0, 0.1) is 0 Å². The zero-order chi connectivity index (χ0) is 21.8. The van der Waals surface area contributed by atoms with Crippen molar-refractivity contribution in [3.05, 3.63) is 36.5 Å². The van der Waals surface area contributed by atoms with Crippen molar-refractivity contribution in [1.82, 2.24) is 14.9 Å². The van der Waals surface area contributed by atoms with Crippen LogP contribution >= 0.6 is 0 Å². The highest BCUT2D eigenvalue weighted by Gasteiger charge is 2.30. The summed E-state index contributed by atoms with van der Waals surface area (Å²) in [5, 5.41) is 11.1. The van der Waals surface area contributed by atoms with Gasteiger partial charge in [-0.15, -0.1) is 5.10 Å². The number of nitrogens with zero attached hydrogens (tertiary/aromatic N) is 4. The van der Waals surface area contributed by atoms with Crippen molar-refractivity contribution in [2.45, 2.75) is 30.6 Å². The lowest BCUT2D eigenvalue weighted by atomic mass is 10.3. The largest absolute Gasteiger partial charge is 0.370 e. The molecule has 2 saturated heterocycles. The Bertz CT molecular complexity index is 1050. The fraction of sp³-hybridized carbons (Fsp3) is 0.400. The number of amides is 2. The summed E-state index contributed by atoms with van der Waals surface area (Å²) in [6.45, 7) is 2.50. The van der Waals surface area contributed by atoms with Crippen LogP contribution in [0.4, 0.5) is 17.2 Å². The van der Waals surface area contributed by atoms with Gasteiger partial charge in [0.05, 0.1) is 22.5 Å². The third kappa shape index (κ3) is 4.83. The second kappa shape index (κ2) is 8.98. The lowest BCUT2D eigenvalue weighted by Gasteiger charge is -2.17. The molecule has 2 aliphatic heterocycles. The van der Waals surface area contributed by atoms with E-state index in [9.17, 15) is 18.0 Å². The molecule has 2 aliphatic rings. The SMILES string of the molecule is O=C1CCC(=O)N1c1ccc(S(=O)(=O)NCCNc2cc(N3CCCC3)cnn2)cc1. The molecule has 0 spiro atoms. The molecule has 0 atom stereocenters. The molecule has 31 heavy (non-hydrogen) atoms. The topological polar surface area (TPSA) is 125 Å². The van der Waals surface area contributed by atoms with Crippen LogP contribution in [0.25, 0.3) is 0 Å². The van der Waals surface area contributed by atoms with Crippen LogP contribution in [0.5, 0.6) is 0 Å². The molecule has 0 aliphatic carbocycles. The average Bonchev–Trinajstić information content (AvgIpc) is 3.42. The molecule has 10 nitrogen and oxygen atoms in total. The zero-order valence-corrected chi connectivity index (χ0v) is 17.8. The van der Waals surface area contributed by atoms with E-state index in [-0.39, 0.29) is 36.1 Å². The average molecular weight is 445 g/mol. The molecule has 4 rings (SSSR count). The number of carbonyl (C=O) groups is 2. The monoisotopic (exact) mass is 444 g/mol. The first kappa shape index (κ1) is 21.2. The van der Waals surface area contributed by atoms with Crippen molar-refractivity contribution < 1.29 is 18.0 Å². The second-order valence-corrected chi connectivity index (χ2v) is 9.20. The normalized spacial score (nSPS) is 16.9.